The van der Waals surface area contributed by atoms with Gasteiger partial charge in [0.25, 0.3) is 0 Å². The van der Waals surface area contributed by atoms with Crippen LogP contribution < -0.4 is 11.1 Å². The number of carbonyl (C=O) groups excluding carboxylic acids is 1. The second-order valence-corrected chi connectivity index (χ2v) is 7.43. The fourth-order valence-electron chi connectivity index (χ4n) is 3.01. The Morgan fingerprint density at radius 1 is 1.27 bits per heavy atom. The number of nitrogens with zero attached hydrogens (tertiary/aromatic N) is 1. The summed E-state index contributed by atoms with van der Waals surface area (Å²) in [5.74, 6) is 2.90. The third kappa shape index (κ3) is 4.03. The van der Waals surface area contributed by atoms with Crippen molar-refractivity contribution >= 4 is 17.7 Å². The maximum atomic E-state index is 12.8. The molecule has 1 amide bonds. The first-order chi connectivity index (χ1) is 10.8. The van der Waals surface area contributed by atoms with Gasteiger partial charge in [0.15, 0.2) is 0 Å². The van der Waals surface area contributed by atoms with E-state index in [1.54, 1.807) is 0 Å². The second-order valence-electron chi connectivity index (χ2n) is 6.21. The molecule has 0 spiro atoms. The Bertz CT molecular complexity index is 486. The van der Waals surface area contributed by atoms with Crippen LogP contribution in [0.25, 0.3) is 0 Å². The fourth-order valence-corrected chi connectivity index (χ4v) is 3.94. The monoisotopic (exact) mass is 319 g/mol. The van der Waals surface area contributed by atoms with E-state index in [2.05, 4.69) is 10.2 Å². The molecular formula is C17H25N3OS. The molecule has 22 heavy (non-hydrogen) atoms. The van der Waals surface area contributed by atoms with Gasteiger partial charge >= 0.3 is 0 Å². The zero-order valence-corrected chi connectivity index (χ0v) is 13.7. The molecule has 120 valence electrons. The summed E-state index contributed by atoms with van der Waals surface area (Å²) in [5, 5.41) is 3.09. The lowest BCUT2D eigenvalue weighted by atomic mass is 10.0. The highest BCUT2D eigenvalue weighted by Crippen LogP contribution is 2.31. The van der Waals surface area contributed by atoms with Gasteiger partial charge in [-0.05, 0) is 24.3 Å². The average Bonchev–Trinajstić information content (AvgIpc) is 3.40. The normalized spacial score (nSPS) is 22.0. The van der Waals surface area contributed by atoms with Gasteiger partial charge in [0.05, 0.1) is 0 Å². The van der Waals surface area contributed by atoms with E-state index in [4.69, 9.17) is 5.73 Å². The molecule has 4 nitrogen and oxygen atoms in total. The molecule has 2 aliphatic rings. The molecule has 0 radical (unpaired) electrons. The number of hydrogen-bond acceptors (Lipinski definition) is 4. The smallest absolute Gasteiger partial charge is 0.242 e. The summed E-state index contributed by atoms with van der Waals surface area (Å²) in [5.41, 5.74) is 7.19. The van der Waals surface area contributed by atoms with Crippen LogP contribution in [0.1, 0.15) is 24.4 Å². The third-order valence-corrected chi connectivity index (χ3v) is 5.46. The van der Waals surface area contributed by atoms with Crippen molar-refractivity contribution in [2.45, 2.75) is 24.9 Å². The maximum Gasteiger partial charge on any atom is 0.242 e. The zero-order chi connectivity index (χ0) is 15.4. The average molecular weight is 319 g/mol. The van der Waals surface area contributed by atoms with Crippen molar-refractivity contribution in [3.63, 3.8) is 0 Å². The lowest BCUT2D eigenvalue weighted by molar-refractivity contribution is -0.126. The topological polar surface area (TPSA) is 58.4 Å². The van der Waals surface area contributed by atoms with Crippen LogP contribution in [0.5, 0.6) is 0 Å². The van der Waals surface area contributed by atoms with Crippen molar-refractivity contribution in [2.24, 2.45) is 11.7 Å². The van der Waals surface area contributed by atoms with Gasteiger partial charge in [-0.2, -0.15) is 11.8 Å². The Hall–Kier alpha value is -1.04. The summed E-state index contributed by atoms with van der Waals surface area (Å²) in [6, 6.07) is 10.0. The molecule has 1 aromatic carbocycles. The van der Waals surface area contributed by atoms with E-state index >= 15 is 0 Å². The number of amides is 1. The Morgan fingerprint density at radius 3 is 2.59 bits per heavy atom. The van der Waals surface area contributed by atoms with Crippen molar-refractivity contribution in [1.82, 2.24) is 10.2 Å². The molecule has 1 aliphatic carbocycles. The van der Waals surface area contributed by atoms with E-state index < -0.39 is 0 Å². The van der Waals surface area contributed by atoms with Crippen LogP contribution in [0.4, 0.5) is 0 Å². The summed E-state index contributed by atoms with van der Waals surface area (Å²) in [7, 11) is 0. The molecule has 5 heteroatoms. The number of nitrogens with one attached hydrogen (secondary N) is 1. The summed E-state index contributed by atoms with van der Waals surface area (Å²) in [4.78, 5) is 15.1. The van der Waals surface area contributed by atoms with Crippen molar-refractivity contribution in [3.8, 4) is 0 Å². The third-order valence-electron chi connectivity index (χ3n) is 4.51. The summed E-state index contributed by atoms with van der Waals surface area (Å²) < 4.78 is 0. The molecule has 0 aromatic heterocycles. The first kappa shape index (κ1) is 15.8. The number of nitrogens with two attached hydrogens (primary N) is 1. The fraction of sp³-hybridized carbons (Fsp3) is 0.588. The van der Waals surface area contributed by atoms with E-state index in [1.165, 1.54) is 12.8 Å². The van der Waals surface area contributed by atoms with Crippen LogP contribution in [0.3, 0.4) is 0 Å². The maximum absolute atomic E-state index is 12.8. The molecule has 1 saturated heterocycles. The second kappa shape index (κ2) is 7.49. The Labute approximate surface area is 136 Å². The van der Waals surface area contributed by atoms with Crippen LogP contribution in [0.2, 0.25) is 0 Å². The van der Waals surface area contributed by atoms with Gasteiger partial charge in [-0.25, -0.2) is 0 Å². The number of rotatable bonds is 6. The van der Waals surface area contributed by atoms with Gasteiger partial charge in [0.1, 0.15) is 6.04 Å². The van der Waals surface area contributed by atoms with Gasteiger partial charge in [-0.1, -0.05) is 30.3 Å². The Kier molecular flexibility index (Phi) is 5.39. The molecule has 3 rings (SSSR count). The molecule has 2 fully saturated rings. The summed E-state index contributed by atoms with van der Waals surface area (Å²) >= 11 is 1.96. The van der Waals surface area contributed by atoms with Gasteiger partial charge < -0.3 is 11.1 Å². The Morgan fingerprint density at radius 2 is 1.95 bits per heavy atom. The molecule has 1 heterocycles. The van der Waals surface area contributed by atoms with Crippen LogP contribution in [0.15, 0.2) is 30.3 Å². The van der Waals surface area contributed by atoms with Crippen LogP contribution in [-0.4, -0.2) is 48.0 Å². The van der Waals surface area contributed by atoms with Gasteiger partial charge in [0.2, 0.25) is 5.91 Å². The molecular weight excluding hydrogens is 294 g/mol. The van der Waals surface area contributed by atoms with Crippen LogP contribution >= 0.6 is 11.8 Å². The minimum Gasteiger partial charge on any atom is -0.353 e. The predicted molar refractivity (Wildman–Crippen MR) is 91.8 cm³/mol. The van der Waals surface area contributed by atoms with E-state index in [1.807, 2.05) is 42.1 Å². The summed E-state index contributed by atoms with van der Waals surface area (Å²) in [6.45, 7) is 2.52. The van der Waals surface area contributed by atoms with Crippen molar-refractivity contribution in [2.75, 3.05) is 31.1 Å². The first-order valence-electron chi connectivity index (χ1n) is 8.16. The quantitative estimate of drug-likeness (QED) is 0.837. The highest BCUT2D eigenvalue weighted by Gasteiger charge is 2.31. The highest BCUT2D eigenvalue weighted by molar-refractivity contribution is 7.99. The lowest BCUT2D eigenvalue weighted by Gasteiger charge is -2.33. The number of benzene rings is 1. The molecule has 2 atom stereocenters. The molecule has 2 unspecified atom stereocenters. The van der Waals surface area contributed by atoms with Crippen molar-refractivity contribution in [3.05, 3.63) is 35.9 Å². The van der Waals surface area contributed by atoms with Gasteiger partial charge in [0, 0.05) is 37.2 Å². The number of hydrogen-bond donors (Lipinski definition) is 2. The van der Waals surface area contributed by atoms with E-state index in [0.717, 1.165) is 30.2 Å². The van der Waals surface area contributed by atoms with E-state index in [-0.39, 0.29) is 18.0 Å². The molecule has 0 bridgehead atoms. The standard InChI is InChI=1S/C17H25N3OS/c18-15(13-6-7-13)12-19-17(21)16(14-4-2-1-3-5-14)20-8-10-22-11-9-20/h1-5,13,15-16H,6-12,18H2,(H,19,21). The zero-order valence-electron chi connectivity index (χ0n) is 12.9. The van der Waals surface area contributed by atoms with Crippen molar-refractivity contribution < 1.29 is 4.79 Å². The molecule has 1 aliphatic heterocycles. The minimum atomic E-state index is -0.187. The highest BCUT2D eigenvalue weighted by atomic mass is 32.2. The largest absolute Gasteiger partial charge is 0.353 e. The van der Waals surface area contributed by atoms with E-state index in [0.29, 0.717) is 12.5 Å². The number of thioether (sulfide) groups is 1. The van der Waals surface area contributed by atoms with Crippen LogP contribution in [-0.2, 0) is 4.79 Å². The SMILES string of the molecule is NC(CNC(=O)C(c1ccccc1)N1CCSCC1)C1CC1. The predicted octanol–water partition coefficient (Wildman–Crippen LogP) is 1.63. The first-order valence-corrected chi connectivity index (χ1v) is 9.31. The van der Waals surface area contributed by atoms with Gasteiger partial charge in [-0.3, -0.25) is 9.69 Å². The molecule has 3 N–H and O–H groups in total. The minimum absolute atomic E-state index is 0.0919. The molecule has 1 saturated carbocycles. The summed E-state index contributed by atoms with van der Waals surface area (Å²) in [6.07, 6.45) is 2.42. The molecule has 1 aromatic rings. The lowest BCUT2D eigenvalue weighted by Crippen LogP contribution is -2.47. The van der Waals surface area contributed by atoms with Gasteiger partial charge in [-0.15, -0.1) is 0 Å². The van der Waals surface area contributed by atoms with E-state index in [9.17, 15) is 4.79 Å². The van der Waals surface area contributed by atoms with Crippen LogP contribution in [0, 0.1) is 5.92 Å². The Balaban J connectivity index is 1.67. The number of carbonyl (C=O) groups is 1. The van der Waals surface area contributed by atoms with Crippen molar-refractivity contribution in [1.29, 1.82) is 0 Å².